The number of anilines is 2. The third-order valence-electron chi connectivity index (χ3n) is 5.33. The number of ether oxygens (including phenoxy) is 3. The minimum absolute atomic E-state index is 0.0281. The minimum Gasteiger partial charge on any atom is -0.497 e. The Balaban J connectivity index is 1.59. The maximum absolute atomic E-state index is 13.5. The number of methoxy groups -OCH3 is 3. The predicted octanol–water partition coefficient (Wildman–Crippen LogP) is 5.48. The van der Waals surface area contributed by atoms with Gasteiger partial charge in [0.15, 0.2) is 5.17 Å². The first-order valence-corrected chi connectivity index (χ1v) is 12.5. The number of carbonyl (C=O) groups excluding carboxylic acids is 2. The molecule has 0 saturated heterocycles. The predicted molar refractivity (Wildman–Crippen MR) is 148 cm³/mol. The number of hydrogen-bond acceptors (Lipinski definition) is 7. The van der Waals surface area contributed by atoms with Crippen LogP contribution < -0.4 is 24.4 Å². The Morgan fingerprint density at radius 3 is 2.46 bits per heavy atom. The van der Waals surface area contributed by atoms with E-state index in [-0.39, 0.29) is 23.3 Å². The second kappa shape index (κ2) is 11.9. The van der Waals surface area contributed by atoms with Crippen molar-refractivity contribution in [2.75, 3.05) is 37.3 Å². The van der Waals surface area contributed by atoms with E-state index in [1.165, 1.54) is 12.0 Å². The summed E-state index contributed by atoms with van der Waals surface area (Å²) in [6.45, 7) is 0. The third-order valence-corrected chi connectivity index (χ3v) is 6.58. The van der Waals surface area contributed by atoms with Gasteiger partial charge in [-0.15, -0.1) is 0 Å². The quantitative estimate of drug-likeness (QED) is 0.383. The molecule has 3 aromatic rings. The number of amides is 2. The number of rotatable bonds is 8. The molecule has 8 nitrogen and oxygen atoms in total. The van der Waals surface area contributed by atoms with Crippen LogP contribution in [0.3, 0.4) is 0 Å². The van der Waals surface area contributed by atoms with Gasteiger partial charge in [0.1, 0.15) is 22.9 Å². The van der Waals surface area contributed by atoms with Crippen molar-refractivity contribution in [2.24, 2.45) is 4.99 Å². The Hall–Kier alpha value is -3.95. The number of aliphatic imine (C=N–C) groups is 1. The van der Waals surface area contributed by atoms with E-state index in [9.17, 15) is 9.59 Å². The van der Waals surface area contributed by atoms with Crippen LogP contribution in [0.1, 0.15) is 5.56 Å². The van der Waals surface area contributed by atoms with E-state index in [0.29, 0.717) is 38.8 Å². The van der Waals surface area contributed by atoms with Crippen LogP contribution in [0.2, 0.25) is 5.02 Å². The average Bonchev–Trinajstić information content (AvgIpc) is 3.22. The number of carbonyl (C=O) groups is 2. The zero-order valence-corrected chi connectivity index (χ0v) is 21.9. The van der Waals surface area contributed by atoms with Crippen molar-refractivity contribution in [1.82, 2.24) is 0 Å². The molecule has 0 spiro atoms. The summed E-state index contributed by atoms with van der Waals surface area (Å²) in [4.78, 5) is 32.1. The lowest BCUT2D eigenvalue weighted by atomic mass is 10.2. The van der Waals surface area contributed by atoms with Crippen LogP contribution in [0.25, 0.3) is 6.08 Å². The van der Waals surface area contributed by atoms with E-state index in [1.807, 2.05) is 12.1 Å². The van der Waals surface area contributed by atoms with Gasteiger partial charge < -0.3 is 19.5 Å². The highest BCUT2D eigenvalue weighted by Gasteiger charge is 2.33. The summed E-state index contributed by atoms with van der Waals surface area (Å²) in [7, 11) is 4.65. The molecule has 0 aliphatic carbocycles. The monoisotopic (exact) mass is 537 g/mol. The van der Waals surface area contributed by atoms with Crippen LogP contribution >= 0.6 is 23.4 Å². The summed E-state index contributed by atoms with van der Waals surface area (Å²) in [6.07, 6.45) is 1.69. The van der Waals surface area contributed by atoms with Gasteiger partial charge in [-0.2, -0.15) is 0 Å². The van der Waals surface area contributed by atoms with E-state index in [1.54, 1.807) is 74.9 Å². The minimum atomic E-state index is -0.337. The lowest BCUT2D eigenvalue weighted by Crippen LogP contribution is -2.31. The Morgan fingerprint density at radius 2 is 1.76 bits per heavy atom. The number of hydrogen-bond donors (Lipinski definition) is 1. The molecule has 1 heterocycles. The number of benzene rings is 3. The topological polar surface area (TPSA) is 89.5 Å². The Morgan fingerprint density at radius 1 is 1.00 bits per heavy atom. The number of nitrogens with one attached hydrogen (secondary N) is 1. The molecule has 0 bridgehead atoms. The summed E-state index contributed by atoms with van der Waals surface area (Å²) in [6, 6.07) is 19.3. The van der Waals surface area contributed by atoms with Crippen molar-refractivity contribution >= 4 is 57.8 Å². The molecule has 0 aromatic heterocycles. The van der Waals surface area contributed by atoms with Gasteiger partial charge in [-0.25, -0.2) is 4.99 Å². The Bertz CT molecular complexity index is 1370. The van der Waals surface area contributed by atoms with Gasteiger partial charge in [-0.3, -0.25) is 14.5 Å². The van der Waals surface area contributed by atoms with Crippen LogP contribution in [-0.4, -0.2) is 44.1 Å². The molecule has 4 rings (SSSR count). The van der Waals surface area contributed by atoms with Gasteiger partial charge in [0.2, 0.25) is 5.91 Å². The highest BCUT2D eigenvalue weighted by molar-refractivity contribution is 8.14. The highest BCUT2D eigenvalue weighted by Crippen LogP contribution is 2.34. The fraction of sp³-hybridized carbons (Fsp3) is 0.148. The van der Waals surface area contributed by atoms with Crippen LogP contribution in [0.4, 0.5) is 11.4 Å². The standard InChI is InChI=1S/C27H24ClN3O5S/c1-34-20-10-7-17(8-11-20)13-23-26(33)31(19-9-12-22(28)24(15-19)36-3)27(30-23)37-16-25(32)29-18-5-4-6-21(14-18)35-2/h4-15H,16H2,1-3H3,(H,29,32)/b23-13+. The summed E-state index contributed by atoms with van der Waals surface area (Å²) in [5.41, 5.74) is 2.14. The first-order valence-electron chi connectivity index (χ1n) is 11.1. The van der Waals surface area contributed by atoms with Gasteiger partial charge in [0.25, 0.3) is 5.91 Å². The summed E-state index contributed by atoms with van der Waals surface area (Å²) < 4.78 is 15.7. The molecule has 1 aliphatic rings. The van der Waals surface area contributed by atoms with Gasteiger partial charge in [0, 0.05) is 17.8 Å². The lowest BCUT2D eigenvalue weighted by Gasteiger charge is -2.19. The molecule has 0 unspecified atom stereocenters. The van der Waals surface area contributed by atoms with Crippen molar-refractivity contribution in [3.63, 3.8) is 0 Å². The number of halogens is 1. The van der Waals surface area contributed by atoms with Gasteiger partial charge in [-0.05, 0) is 48.0 Å². The second-order valence-corrected chi connectivity index (χ2v) is 9.08. The molecular formula is C27H24ClN3O5S. The van der Waals surface area contributed by atoms with E-state index in [4.69, 9.17) is 25.8 Å². The van der Waals surface area contributed by atoms with E-state index in [2.05, 4.69) is 10.3 Å². The molecule has 0 saturated carbocycles. The Kier molecular flexibility index (Phi) is 8.37. The summed E-state index contributed by atoms with van der Waals surface area (Å²) in [5, 5.41) is 3.60. The third kappa shape index (κ3) is 6.25. The molecule has 37 heavy (non-hydrogen) atoms. The largest absolute Gasteiger partial charge is 0.497 e. The molecule has 0 atom stereocenters. The number of nitrogens with zero attached hydrogens (tertiary/aromatic N) is 2. The first kappa shape index (κ1) is 26.1. The molecule has 10 heteroatoms. The molecule has 0 fully saturated rings. The van der Waals surface area contributed by atoms with Gasteiger partial charge in [0.05, 0.1) is 37.8 Å². The zero-order chi connectivity index (χ0) is 26.4. The van der Waals surface area contributed by atoms with Crippen molar-refractivity contribution < 1.29 is 23.8 Å². The van der Waals surface area contributed by atoms with Gasteiger partial charge >= 0.3 is 0 Å². The Labute approximate surface area is 223 Å². The molecule has 0 radical (unpaired) electrons. The normalized spacial score (nSPS) is 13.9. The van der Waals surface area contributed by atoms with Crippen LogP contribution in [0.15, 0.2) is 77.4 Å². The fourth-order valence-corrected chi connectivity index (χ4v) is 4.50. The second-order valence-electron chi connectivity index (χ2n) is 7.73. The molecule has 3 aromatic carbocycles. The zero-order valence-electron chi connectivity index (χ0n) is 20.4. The van der Waals surface area contributed by atoms with E-state index >= 15 is 0 Å². The van der Waals surface area contributed by atoms with E-state index < -0.39 is 0 Å². The van der Waals surface area contributed by atoms with Crippen molar-refractivity contribution in [3.8, 4) is 17.2 Å². The molecule has 1 aliphatic heterocycles. The van der Waals surface area contributed by atoms with Crippen molar-refractivity contribution in [1.29, 1.82) is 0 Å². The van der Waals surface area contributed by atoms with E-state index in [0.717, 1.165) is 17.3 Å². The first-order chi connectivity index (χ1) is 17.9. The molecule has 2 amide bonds. The SMILES string of the molecule is COc1ccc(/C=C2/N=C(SCC(=O)Nc3cccc(OC)c3)N(c3ccc(Cl)c(OC)c3)C2=O)cc1. The maximum Gasteiger partial charge on any atom is 0.283 e. The van der Waals surface area contributed by atoms with Crippen LogP contribution in [-0.2, 0) is 9.59 Å². The maximum atomic E-state index is 13.5. The van der Waals surface area contributed by atoms with Crippen molar-refractivity contribution in [2.45, 2.75) is 0 Å². The van der Waals surface area contributed by atoms with Gasteiger partial charge in [-0.1, -0.05) is 41.6 Å². The number of amidine groups is 1. The fourth-order valence-electron chi connectivity index (χ4n) is 3.49. The van der Waals surface area contributed by atoms with Crippen LogP contribution in [0, 0.1) is 0 Å². The smallest absolute Gasteiger partial charge is 0.283 e. The molecular weight excluding hydrogens is 514 g/mol. The van der Waals surface area contributed by atoms with Crippen molar-refractivity contribution in [3.05, 3.63) is 83.0 Å². The summed E-state index contributed by atoms with van der Waals surface area (Å²) >= 11 is 7.33. The lowest BCUT2D eigenvalue weighted by molar-refractivity contribution is -0.114. The molecule has 190 valence electrons. The highest BCUT2D eigenvalue weighted by atomic mass is 35.5. The average molecular weight is 538 g/mol. The number of thioether (sulfide) groups is 1. The summed E-state index contributed by atoms with van der Waals surface area (Å²) in [5.74, 6) is 1.19. The molecule has 1 N–H and O–H groups in total. The van der Waals surface area contributed by atoms with Crippen LogP contribution in [0.5, 0.6) is 17.2 Å².